The highest BCUT2D eigenvalue weighted by Crippen LogP contribution is 2.18. The molecule has 2 heterocycles. The molecule has 1 aromatic heterocycles. The van der Waals surface area contributed by atoms with Crippen LogP contribution in [0.25, 0.3) is 0 Å². The zero-order valence-corrected chi connectivity index (χ0v) is 16.8. The fraction of sp³-hybridized carbons (Fsp3) is 0.217. The third kappa shape index (κ3) is 5.13. The number of carbonyl (C=O) groups excluding carboxylic acids is 1. The van der Waals surface area contributed by atoms with Crippen molar-refractivity contribution in [2.45, 2.75) is 6.54 Å². The Morgan fingerprint density at radius 1 is 0.966 bits per heavy atom. The Morgan fingerprint density at radius 3 is 2.48 bits per heavy atom. The van der Waals surface area contributed by atoms with Gasteiger partial charge in [-0.3, -0.25) is 9.69 Å². The number of hydrogen-bond donors (Lipinski definition) is 1. The Bertz CT molecular complexity index is 954. The molecule has 1 N–H and O–H groups in total. The van der Waals surface area contributed by atoms with Crippen molar-refractivity contribution >= 4 is 29.0 Å². The minimum absolute atomic E-state index is 0.0864. The van der Waals surface area contributed by atoms with Gasteiger partial charge in [0.25, 0.3) is 5.91 Å². The van der Waals surface area contributed by atoms with Crippen LogP contribution in [0.3, 0.4) is 0 Å². The Kier molecular flexibility index (Phi) is 6.08. The molecule has 1 fully saturated rings. The number of nitrogens with zero attached hydrogens (tertiary/aromatic N) is 3. The van der Waals surface area contributed by atoms with E-state index in [2.05, 4.69) is 26.2 Å². The highest BCUT2D eigenvalue weighted by atomic mass is 35.5. The lowest BCUT2D eigenvalue weighted by Crippen LogP contribution is -2.46. The standard InChI is InChI=1S/C23H23ClN4O/c24-20-9-10-22(25-16-20)28-13-11-27(12-14-28)17-18-5-4-6-19(15-18)23(29)26-21-7-2-1-3-8-21/h1-10,15-16H,11-14,17H2,(H,26,29). The number of para-hydroxylation sites is 1. The van der Waals surface area contributed by atoms with E-state index in [0.717, 1.165) is 49.8 Å². The third-order valence-corrected chi connectivity index (χ3v) is 5.26. The number of aromatic nitrogens is 1. The number of pyridine rings is 1. The summed E-state index contributed by atoms with van der Waals surface area (Å²) in [6, 6.07) is 21.2. The van der Waals surface area contributed by atoms with Gasteiger partial charge in [0.15, 0.2) is 0 Å². The monoisotopic (exact) mass is 406 g/mol. The first-order chi connectivity index (χ1) is 14.2. The Morgan fingerprint density at radius 2 is 1.76 bits per heavy atom. The SMILES string of the molecule is O=C(Nc1ccccc1)c1cccc(CN2CCN(c3ccc(Cl)cn3)CC2)c1. The molecule has 0 radical (unpaired) electrons. The molecule has 1 amide bonds. The van der Waals surface area contributed by atoms with Gasteiger partial charge in [-0.25, -0.2) is 4.98 Å². The first-order valence-electron chi connectivity index (χ1n) is 9.71. The molecule has 0 bridgehead atoms. The predicted octanol–water partition coefficient (Wildman–Crippen LogP) is 4.31. The second kappa shape index (κ2) is 9.07. The first-order valence-corrected chi connectivity index (χ1v) is 10.1. The molecular formula is C23H23ClN4O. The van der Waals surface area contributed by atoms with Gasteiger partial charge in [-0.2, -0.15) is 0 Å². The molecule has 1 aliphatic rings. The van der Waals surface area contributed by atoms with Crippen molar-refractivity contribution in [1.82, 2.24) is 9.88 Å². The Hall–Kier alpha value is -2.89. The predicted molar refractivity (Wildman–Crippen MR) is 118 cm³/mol. The lowest BCUT2D eigenvalue weighted by Gasteiger charge is -2.35. The molecule has 3 aromatic rings. The number of rotatable bonds is 5. The van der Waals surface area contributed by atoms with Gasteiger partial charge in [-0.15, -0.1) is 0 Å². The molecule has 6 heteroatoms. The molecule has 5 nitrogen and oxygen atoms in total. The van der Waals surface area contributed by atoms with Crippen LogP contribution >= 0.6 is 11.6 Å². The van der Waals surface area contributed by atoms with Gasteiger partial charge >= 0.3 is 0 Å². The van der Waals surface area contributed by atoms with Crippen molar-refractivity contribution in [3.63, 3.8) is 0 Å². The lowest BCUT2D eigenvalue weighted by atomic mass is 10.1. The molecule has 0 atom stereocenters. The summed E-state index contributed by atoms with van der Waals surface area (Å²) < 4.78 is 0. The summed E-state index contributed by atoms with van der Waals surface area (Å²) in [6.07, 6.45) is 1.69. The maximum absolute atomic E-state index is 12.5. The summed E-state index contributed by atoms with van der Waals surface area (Å²) in [6.45, 7) is 4.56. The summed E-state index contributed by atoms with van der Waals surface area (Å²) in [7, 11) is 0. The second-order valence-corrected chi connectivity index (χ2v) is 7.55. The molecule has 0 spiro atoms. The zero-order chi connectivity index (χ0) is 20.1. The minimum atomic E-state index is -0.0864. The first kappa shape index (κ1) is 19.4. The van der Waals surface area contributed by atoms with Crippen molar-refractivity contribution in [3.8, 4) is 0 Å². The zero-order valence-electron chi connectivity index (χ0n) is 16.1. The lowest BCUT2D eigenvalue weighted by molar-refractivity contribution is 0.102. The molecule has 1 saturated heterocycles. The minimum Gasteiger partial charge on any atom is -0.354 e. The van der Waals surface area contributed by atoms with Crippen LogP contribution < -0.4 is 10.2 Å². The van der Waals surface area contributed by atoms with E-state index in [4.69, 9.17) is 11.6 Å². The van der Waals surface area contributed by atoms with E-state index in [1.54, 1.807) is 6.20 Å². The van der Waals surface area contributed by atoms with Crippen LogP contribution in [0.1, 0.15) is 15.9 Å². The van der Waals surface area contributed by atoms with Crippen molar-refractivity contribution in [2.75, 3.05) is 36.4 Å². The summed E-state index contributed by atoms with van der Waals surface area (Å²) in [5.41, 5.74) is 2.62. The van der Waals surface area contributed by atoms with Crippen LogP contribution in [0.5, 0.6) is 0 Å². The van der Waals surface area contributed by atoms with Crippen LogP contribution in [0.2, 0.25) is 5.02 Å². The van der Waals surface area contributed by atoms with E-state index in [1.807, 2.05) is 60.7 Å². The van der Waals surface area contributed by atoms with E-state index in [0.29, 0.717) is 10.6 Å². The van der Waals surface area contributed by atoms with Crippen molar-refractivity contribution in [1.29, 1.82) is 0 Å². The molecule has 2 aromatic carbocycles. The number of anilines is 2. The summed E-state index contributed by atoms with van der Waals surface area (Å²) in [4.78, 5) is 21.6. The number of piperazine rings is 1. The quantitative estimate of drug-likeness (QED) is 0.686. The molecule has 0 aliphatic carbocycles. The number of hydrogen-bond acceptors (Lipinski definition) is 4. The van der Waals surface area contributed by atoms with Crippen LogP contribution in [0, 0.1) is 0 Å². The second-order valence-electron chi connectivity index (χ2n) is 7.12. The van der Waals surface area contributed by atoms with Crippen LogP contribution in [0.15, 0.2) is 72.9 Å². The van der Waals surface area contributed by atoms with Crippen molar-refractivity contribution < 1.29 is 4.79 Å². The van der Waals surface area contributed by atoms with Gasteiger partial charge in [-0.05, 0) is 42.0 Å². The van der Waals surface area contributed by atoms with E-state index in [1.165, 1.54) is 0 Å². The maximum Gasteiger partial charge on any atom is 0.255 e. The average Bonchev–Trinajstić information content (AvgIpc) is 2.76. The molecule has 4 rings (SSSR count). The van der Waals surface area contributed by atoms with Gasteiger partial charge in [0.2, 0.25) is 0 Å². The fourth-order valence-electron chi connectivity index (χ4n) is 3.48. The highest BCUT2D eigenvalue weighted by Gasteiger charge is 2.18. The molecule has 1 aliphatic heterocycles. The Balaban J connectivity index is 1.34. The van der Waals surface area contributed by atoms with Gasteiger partial charge in [0, 0.05) is 50.2 Å². The van der Waals surface area contributed by atoms with Gasteiger partial charge in [0.05, 0.1) is 5.02 Å². The molecule has 0 saturated carbocycles. The normalized spacial score (nSPS) is 14.6. The molecular weight excluding hydrogens is 384 g/mol. The van der Waals surface area contributed by atoms with E-state index in [-0.39, 0.29) is 5.91 Å². The summed E-state index contributed by atoms with van der Waals surface area (Å²) in [5.74, 6) is 0.880. The summed E-state index contributed by atoms with van der Waals surface area (Å²) in [5, 5.41) is 3.60. The number of amides is 1. The van der Waals surface area contributed by atoms with Crippen molar-refractivity contribution in [2.24, 2.45) is 0 Å². The maximum atomic E-state index is 12.5. The molecule has 0 unspecified atom stereocenters. The number of benzene rings is 2. The fourth-order valence-corrected chi connectivity index (χ4v) is 3.60. The van der Waals surface area contributed by atoms with Crippen LogP contribution in [0.4, 0.5) is 11.5 Å². The largest absolute Gasteiger partial charge is 0.354 e. The third-order valence-electron chi connectivity index (χ3n) is 5.04. The van der Waals surface area contributed by atoms with E-state index >= 15 is 0 Å². The smallest absolute Gasteiger partial charge is 0.255 e. The van der Waals surface area contributed by atoms with E-state index < -0.39 is 0 Å². The Labute approximate surface area is 175 Å². The number of halogens is 1. The average molecular weight is 407 g/mol. The van der Waals surface area contributed by atoms with Gasteiger partial charge in [-0.1, -0.05) is 41.9 Å². The number of nitrogens with one attached hydrogen (secondary N) is 1. The molecule has 148 valence electrons. The summed E-state index contributed by atoms with van der Waals surface area (Å²) >= 11 is 5.93. The molecule has 29 heavy (non-hydrogen) atoms. The van der Waals surface area contributed by atoms with E-state index in [9.17, 15) is 4.79 Å². The highest BCUT2D eigenvalue weighted by molar-refractivity contribution is 6.30. The van der Waals surface area contributed by atoms with Crippen molar-refractivity contribution in [3.05, 3.63) is 89.1 Å². The van der Waals surface area contributed by atoms with Gasteiger partial charge in [0.1, 0.15) is 5.82 Å². The van der Waals surface area contributed by atoms with Crippen LogP contribution in [-0.4, -0.2) is 42.0 Å². The number of carbonyl (C=O) groups is 1. The van der Waals surface area contributed by atoms with Crippen LogP contribution in [-0.2, 0) is 6.54 Å². The topological polar surface area (TPSA) is 48.5 Å². The van der Waals surface area contributed by atoms with Gasteiger partial charge < -0.3 is 10.2 Å².